The minimum Gasteiger partial charge on any atom is -0.493 e. The van der Waals surface area contributed by atoms with E-state index in [1.165, 1.54) is 7.11 Å². The first kappa shape index (κ1) is 20.9. The molecule has 0 spiro atoms. The Labute approximate surface area is 176 Å². The molecule has 0 aliphatic rings. The predicted molar refractivity (Wildman–Crippen MR) is 116 cm³/mol. The number of halogens is 1. The van der Waals surface area contributed by atoms with Gasteiger partial charge in [0.25, 0.3) is 5.91 Å². The van der Waals surface area contributed by atoms with E-state index in [1.807, 2.05) is 44.2 Å². The normalized spacial score (nSPS) is 10.9. The average Bonchev–Trinajstić information content (AvgIpc) is 2.72. The van der Waals surface area contributed by atoms with Gasteiger partial charge in [-0.15, -0.1) is 0 Å². The van der Waals surface area contributed by atoms with E-state index in [9.17, 15) is 4.79 Å². The molecule has 1 N–H and O–H groups in total. The second-order valence-corrected chi connectivity index (χ2v) is 7.60. The monoisotopic (exact) mass is 412 g/mol. The fourth-order valence-corrected chi connectivity index (χ4v) is 3.29. The first-order valence-corrected chi connectivity index (χ1v) is 9.98. The molecule has 0 aliphatic carbocycles. The Morgan fingerprint density at radius 1 is 1.21 bits per heavy atom. The third kappa shape index (κ3) is 5.18. The highest BCUT2D eigenvalue weighted by molar-refractivity contribution is 6.32. The molecule has 0 radical (unpaired) electrons. The molecule has 0 unspecified atom stereocenters. The van der Waals surface area contributed by atoms with Crippen molar-refractivity contribution < 1.29 is 14.3 Å². The smallest absolute Gasteiger partial charge is 0.251 e. The van der Waals surface area contributed by atoms with Gasteiger partial charge in [0, 0.05) is 23.7 Å². The van der Waals surface area contributed by atoms with Gasteiger partial charge in [0.05, 0.1) is 24.3 Å². The molecular weight excluding hydrogens is 388 g/mol. The Morgan fingerprint density at radius 3 is 2.76 bits per heavy atom. The number of benzene rings is 2. The molecule has 3 rings (SSSR count). The second kappa shape index (κ2) is 9.61. The highest BCUT2D eigenvalue weighted by atomic mass is 35.5. The molecule has 1 amide bonds. The van der Waals surface area contributed by atoms with Crippen LogP contribution in [0.5, 0.6) is 11.5 Å². The lowest BCUT2D eigenvalue weighted by atomic mass is 10.1. The van der Waals surface area contributed by atoms with Crippen molar-refractivity contribution in [1.29, 1.82) is 0 Å². The lowest BCUT2D eigenvalue weighted by Crippen LogP contribution is -2.25. The molecule has 0 saturated carbocycles. The number of carbonyl (C=O) groups excluding carboxylic acids is 1. The van der Waals surface area contributed by atoms with Crippen LogP contribution < -0.4 is 14.8 Å². The molecule has 0 bridgehead atoms. The molecule has 0 saturated heterocycles. The van der Waals surface area contributed by atoms with E-state index < -0.39 is 0 Å². The number of pyridine rings is 1. The molecule has 1 heterocycles. The van der Waals surface area contributed by atoms with Crippen molar-refractivity contribution in [3.05, 3.63) is 64.8 Å². The topological polar surface area (TPSA) is 60.5 Å². The number of nitrogens with one attached hydrogen (secondary N) is 1. The maximum Gasteiger partial charge on any atom is 0.251 e. The Kier molecular flexibility index (Phi) is 6.94. The van der Waals surface area contributed by atoms with Crippen molar-refractivity contribution in [2.24, 2.45) is 5.92 Å². The molecule has 6 heteroatoms. The Morgan fingerprint density at radius 2 is 2.00 bits per heavy atom. The molecule has 5 nitrogen and oxygen atoms in total. The standard InChI is InChI=1S/C23H25ClN2O3/c1-15(2)14-29-22-19(24)12-18(13-20(22)28-3)23(27)26-11-9-17-7-4-6-16-8-5-10-25-21(16)17/h4-8,10,12-13,15H,9,11,14H2,1-3H3,(H,26,27). The van der Waals surface area contributed by atoms with E-state index in [1.54, 1.807) is 18.3 Å². The Bertz CT molecular complexity index is 999. The number of hydrogen-bond donors (Lipinski definition) is 1. The van der Waals surface area contributed by atoms with Crippen LogP contribution in [-0.4, -0.2) is 31.2 Å². The molecule has 29 heavy (non-hydrogen) atoms. The third-order valence-electron chi connectivity index (χ3n) is 4.45. The van der Waals surface area contributed by atoms with Gasteiger partial charge in [-0.1, -0.05) is 49.7 Å². The molecule has 0 aliphatic heterocycles. The van der Waals surface area contributed by atoms with E-state index in [0.29, 0.717) is 47.6 Å². The molecule has 152 valence electrons. The number of amides is 1. The number of hydrogen-bond acceptors (Lipinski definition) is 4. The number of rotatable bonds is 8. The van der Waals surface area contributed by atoms with Gasteiger partial charge in [-0.3, -0.25) is 9.78 Å². The summed E-state index contributed by atoms with van der Waals surface area (Å²) in [7, 11) is 1.53. The van der Waals surface area contributed by atoms with Gasteiger partial charge in [0.15, 0.2) is 11.5 Å². The number of para-hydroxylation sites is 1. The summed E-state index contributed by atoms with van der Waals surface area (Å²) in [5.74, 6) is 1.04. The lowest BCUT2D eigenvalue weighted by molar-refractivity contribution is 0.0953. The zero-order chi connectivity index (χ0) is 20.8. The van der Waals surface area contributed by atoms with Gasteiger partial charge in [-0.05, 0) is 36.1 Å². The van der Waals surface area contributed by atoms with Crippen LogP contribution >= 0.6 is 11.6 Å². The average molecular weight is 413 g/mol. The minimum absolute atomic E-state index is 0.214. The van der Waals surface area contributed by atoms with Crippen LogP contribution in [0.2, 0.25) is 5.02 Å². The van der Waals surface area contributed by atoms with Crippen LogP contribution in [-0.2, 0) is 6.42 Å². The van der Waals surface area contributed by atoms with Crippen molar-refractivity contribution in [2.45, 2.75) is 20.3 Å². The molecule has 0 fully saturated rings. The van der Waals surface area contributed by atoms with Crippen LogP contribution in [0.4, 0.5) is 0 Å². The van der Waals surface area contributed by atoms with Gasteiger partial charge in [-0.2, -0.15) is 0 Å². The zero-order valence-corrected chi connectivity index (χ0v) is 17.6. The maximum absolute atomic E-state index is 12.6. The van der Waals surface area contributed by atoms with Gasteiger partial charge < -0.3 is 14.8 Å². The SMILES string of the molecule is COc1cc(C(=O)NCCc2cccc3cccnc23)cc(Cl)c1OCC(C)C. The first-order chi connectivity index (χ1) is 14.0. The molecule has 0 atom stereocenters. The first-order valence-electron chi connectivity index (χ1n) is 9.60. The maximum atomic E-state index is 12.6. The number of ether oxygens (including phenoxy) is 2. The van der Waals surface area contributed by atoms with E-state index in [0.717, 1.165) is 16.5 Å². The summed E-state index contributed by atoms with van der Waals surface area (Å²) in [6.45, 7) is 5.10. The highest BCUT2D eigenvalue weighted by Crippen LogP contribution is 2.36. The fraction of sp³-hybridized carbons (Fsp3) is 0.304. The van der Waals surface area contributed by atoms with Crippen LogP contribution in [0.3, 0.4) is 0 Å². The fourth-order valence-electron chi connectivity index (χ4n) is 3.02. The van der Waals surface area contributed by atoms with E-state index in [4.69, 9.17) is 21.1 Å². The molecular formula is C23H25ClN2O3. The Balaban J connectivity index is 1.68. The van der Waals surface area contributed by atoms with E-state index in [2.05, 4.69) is 10.3 Å². The number of nitrogens with zero attached hydrogens (tertiary/aromatic N) is 1. The van der Waals surface area contributed by atoms with E-state index >= 15 is 0 Å². The quantitative estimate of drug-likeness (QED) is 0.571. The van der Waals surface area contributed by atoms with Crippen molar-refractivity contribution in [3.63, 3.8) is 0 Å². The van der Waals surface area contributed by atoms with Crippen LogP contribution in [0.25, 0.3) is 10.9 Å². The van der Waals surface area contributed by atoms with Gasteiger partial charge in [-0.25, -0.2) is 0 Å². The van der Waals surface area contributed by atoms with Gasteiger partial charge >= 0.3 is 0 Å². The zero-order valence-electron chi connectivity index (χ0n) is 16.9. The summed E-state index contributed by atoms with van der Waals surface area (Å²) in [5, 5.41) is 4.38. The van der Waals surface area contributed by atoms with Crippen LogP contribution in [0.15, 0.2) is 48.7 Å². The largest absolute Gasteiger partial charge is 0.493 e. The number of fused-ring (bicyclic) bond motifs is 1. The summed E-state index contributed by atoms with van der Waals surface area (Å²) < 4.78 is 11.1. The van der Waals surface area contributed by atoms with Crippen LogP contribution in [0.1, 0.15) is 29.8 Å². The summed E-state index contributed by atoms with van der Waals surface area (Å²) >= 11 is 6.34. The van der Waals surface area contributed by atoms with Gasteiger partial charge in [0.1, 0.15) is 0 Å². The number of carbonyl (C=O) groups is 1. The van der Waals surface area contributed by atoms with Crippen molar-refractivity contribution in [1.82, 2.24) is 10.3 Å². The van der Waals surface area contributed by atoms with Crippen LogP contribution in [0, 0.1) is 5.92 Å². The number of aromatic nitrogens is 1. The Hall–Kier alpha value is -2.79. The lowest BCUT2D eigenvalue weighted by Gasteiger charge is -2.15. The second-order valence-electron chi connectivity index (χ2n) is 7.19. The van der Waals surface area contributed by atoms with Crippen molar-refractivity contribution in [3.8, 4) is 11.5 Å². The van der Waals surface area contributed by atoms with Gasteiger partial charge in [0.2, 0.25) is 0 Å². The van der Waals surface area contributed by atoms with Crippen molar-refractivity contribution >= 4 is 28.4 Å². The molecule has 1 aromatic heterocycles. The predicted octanol–water partition coefficient (Wildman–Crippen LogP) is 4.90. The minimum atomic E-state index is -0.214. The van der Waals surface area contributed by atoms with E-state index in [-0.39, 0.29) is 5.91 Å². The highest BCUT2D eigenvalue weighted by Gasteiger charge is 2.16. The summed E-state index contributed by atoms with van der Waals surface area (Å²) in [5.41, 5.74) is 2.48. The summed E-state index contributed by atoms with van der Waals surface area (Å²) in [4.78, 5) is 17.1. The molecule has 3 aromatic rings. The molecule has 2 aromatic carbocycles. The number of methoxy groups -OCH3 is 1. The van der Waals surface area contributed by atoms with Crippen molar-refractivity contribution in [2.75, 3.05) is 20.3 Å². The summed E-state index contributed by atoms with van der Waals surface area (Å²) in [6.07, 6.45) is 2.46. The summed E-state index contributed by atoms with van der Waals surface area (Å²) in [6, 6.07) is 13.3. The third-order valence-corrected chi connectivity index (χ3v) is 4.73.